The Morgan fingerprint density at radius 2 is 1.90 bits per heavy atom. The Morgan fingerprint density at radius 1 is 1.16 bits per heavy atom. The Bertz CT molecular complexity index is 1140. The molecule has 0 radical (unpaired) electrons. The highest BCUT2D eigenvalue weighted by atomic mass is 19.3. The average Bonchev–Trinajstić information content (AvgIpc) is 3.43. The van der Waals surface area contributed by atoms with Crippen molar-refractivity contribution in [3.63, 3.8) is 0 Å². The van der Waals surface area contributed by atoms with Crippen molar-refractivity contribution in [2.75, 3.05) is 6.54 Å². The summed E-state index contributed by atoms with van der Waals surface area (Å²) < 4.78 is 50.7. The molecule has 1 aliphatic carbocycles. The molecule has 160 valence electrons. The van der Waals surface area contributed by atoms with Gasteiger partial charge in [-0.1, -0.05) is 18.7 Å². The fourth-order valence-corrected chi connectivity index (χ4v) is 3.91. The molecule has 1 saturated carbocycles. The molecule has 2 heterocycles. The molecule has 5 rings (SSSR count). The van der Waals surface area contributed by atoms with E-state index in [2.05, 4.69) is 21.7 Å². The topological polar surface area (TPSA) is 51.4 Å². The average molecular weight is 427 g/mol. The number of hydrogen-bond acceptors (Lipinski definition) is 5. The third kappa shape index (κ3) is 3.45. The molecular formula is C23H20F3N3O2. The van der Waals surface area contributed by atoms with Crippen molar-refractivity contribution >= 4 is 5.70 Å². The van der Waals surface area contributed by atoms with Crippen LogP contribution in [0.1, 0.15) is 43.2 Å². The van der Waals surface area contributed by atoms with Crippen LogP contribution in [0.15, 0.2) is 53.5 Å². The van der Waals surface area contributed by atoms with E-state index in [1.807, 2.05) is 6.92 Å². The summed E-state index contributed by atoms with van der Waals surface area (Å²) in [7, 11) is 0. The van der Waals surface area contributed by atoms with Gasteiger partial charge in [0.2, 0.25) is 11.6 Å². The van der Waals surface area contributed by atoms with E-state index in [1.165, 1.54) is 12.1 Å². The van der Waals surface area contributed by atoms with Crippen molar-refractivity contribution in [1.82, 2.24) is 15.1 Å². The van der Waals surface area contributed by atoms with Crippen LogP contribution in [-0.4, -0.2) is 21.6 Å². The smallest absolute Gasteiger partial charge is 0.314 e. The summed E-state index contributed by atoms with van der Waals surface area (Å²) in [5.41, 5.74) is 1.89. The molecule has 0 N–H and O–H groups in total. The van der Waals surface area contributed by atoms with Crippen molar-refractivity contribution in [3.05, 3.63) is 71.9 Å². The zero-order valence-electron chi connectivity index (χ0n) is 16.8. The van der Waals surface area contributed by atoms with E-state index in [0.717, 1.165) is 36.2 Å². The number of fused-ring (bicyclic) bond motifs is 1. The van der Waals surface area contributed by atoms with Gasteiger partial charge < -0.3 is 14.1 Å². The predicted molar refractivity (Wildman–Crippen MR) is 108 cm³/mol. The molecule has 1 atom stereocenters. The van der Waals surface area contributed by atoms with Gasteiger partial charge in [0.15, 0.2) is 0 Å². The van der Waals surface area contributed by atoms with Crippen molar-refractivity contribution in [2.45, 2.75) is 31.9 Å². The summed E-state index contributed by atoms with van der Waals surface area (Å²) in [4.78, 5) is 2.09. The highest BCUT2D eigenvalue weighted by Crippen LogP contribution is 2.47. The van der Waals surface area contributed by atoms with Gasteiger partial charge in [-0.15, -0.1) is 10.2 Å². The standard InChI is InChI=1S/C23H20F3N3O2/c1-13-18-11-15(21-27-28-22(30-21)20(25)26)5-10-19(18)31-23(2,29(13)12-14-3-4-14)16-6-8-17(24)9-7-16/h5-11,14,20H,1,3-4,12H2,2H3. The fraction of sp³-hybridized carbons (Fsp3) is 0.304. The first-order chi connectivity index (χ1) is 14.8. The molecule has 2 aliphatic rings. The Labute approximate surface area is 177 Å². The molecule has 8 heteroatoms. The van der Waals surface area contributed by atoms with E-state index in [1.54, 1.807) is 30.3 Å². The maximum absolute atomic E-state index is 13.5. The lowest BCUT2D eigenvalue weighted by molar-refractivity contribution is -0.0523. The van der Waals surface area contributed by atoms with Crippen LogP contribution in [-0.2, 0) is 5.72 Å². The minimum atomic E-state index is -2.83. The van der Waals surface area contributed by atoms with Crippen molar-refractivity contribution in [2.24, 2.45) is 5.92 Å². The largest absolute Gasteiger partial charge is 0.463 e. The third-order valence-electron chi connectivity index (χ3n) is 5.83. The van der Waals surface area contributed by atoms with E-state index >= 15 is 0 Å². The molecular weight excluding hydrogens is 407 g/mol. The SMILES string of the molecule is C=C1c2cc(-c3nnc(C(F)F)o3)ccc2OC(C)(c2ccc(F)cc2)N1CC1CC1. The molecule has 1 fully saturated rings. The summed E-state index contributed by atoms with van der Waals surface area (Å²) in [6.07, 6.45) is -0.564. The maximum Gasteiger partial charge on any atom is 0.314 e. The quantitative estimate of drug-likeness (QED) is 0.518. The zero-order valence-corrected chi connectivity index (χ0v) is 16.8. The highest BCUT2D eigenvalue weighted by Gasteiger charge is 2.44. The van der Waals surface area contributed by atoms with Crippen LogP contribution in [0.3, 0.4) is 0 Å². The second-order valence-electron chi connectivity index (χ2n) is 8.05. The van der Waals surface area contributed by atoms with Crippen LogP contribution >= 0.6 is 0 Å². The number of benzene rings is 2. The second kappa shape index (κ2) is 7.14. The minimum absolute atomic E-state index is 0.00603. The minimum Gasteiger partial charge on any atom is -0.463 e. The van der Waals surface area contributed by atoms with E-state index in [-0.39, 0.29) is 11.7 Å². The molecule has 0 spiro atoms. The van der Waals surface area contributed by atoms with Gasteiger partial charge in [0.25, 0.3) is 5.89 Å². The van der Waals surface area contributed by atoms with E-state index in [4.69, 9.17) is 9.15 Å². The van der Waals surface area contributed by atoms with E-state index in [0.29, 0.717) is 17.2 Å². The number of halogens is 3. The number of alkyl halides is 2. The molecule has 2 aromatic carbocycles. The fourth-order valence-electron chi connectivity index (χ4n) is 3.91. The van der Waals surface area contributed by atoms with Crippen LogP contribution < -0.4 is 4.74 Å². The summed E-state index contributed by atoms with van der Waals surface area (Å²) in [5.74, 6) is 0.0904. The Hall–Kier alpha value is -3.29. The lowest BCUT2D eigenvalue weighted by atomic mass is 9.95. The van der Waals surface area contributed by atoms with Gasteiger partial charge in [-0.25, -0.2) is 4.39 Å². The van der Waals surface area contributed by atoms with Gasteiger partial charge in [-0.05, 0) is 56.0 Å². The molecule has 1 aromatic heterocycles. The Morgan fingerprint density at radius 3 is 2.55 bits per heavy atom. The molecule has 5 nitrogen and oxygen atoms in total. The van der Waals surface area contributed by atoms with Gasteiger partial charge in [0.1, 0.15) is 11.6 Å². The van der Waals surface area contributed by atoms with E-state index < -0.39 is 18.0 Å². The first-order valence-electron chi connectivity index (χ1n) is 10.0. The van der Waals surface area contributed by atoms with Crippen LogP contribution in [0.5, 0.6) is 5.75 Å². The second-order valence-corrected chi connectivity index (χ2v) is 8.05. The summed E-state index contributed by atoms with van der Waals surface area (Å²) >= 11 is 0. The molecule has 31 heavy (non-hydrogen) atoms. The number of hydrogen-bond donors (Lipinski definition) is 0. The molecule has 0 bridgehead atoms. The number of ether oxygens (including phenoxy) is 1. The lowest BCUT2D eigenvalue weighted by Gasteiger charge is -2.48. The molecule has 1 unspecified atom stereocenters. The van der Waals surface area contributed by atoms with Crippen LogP contribution in [0, 0.1) is 11.7 Å². The van der Waals surface area contributed by atoms with Crippen LogP contribution in [0.2, 0.25) is 0 Å². The Kier molecular flexibility index (Phi) is 4.53. The van der Waals surface area contributed by atoms with Crippen molar-refractivity contribution in [3.8, 4) is 17.2 Å². The number of aromatic nitrogens is 2. The summed E-state index contributed by atoms with van der Waals surface area (Å²) in [5, 5.41) is 7.12. The van der Waals surface area contributed by atoms with Gasteiger partial charge in [0.05, 0.1) is 0 Å². The molecule has 1 aliphatic heterocycles. The first-order valence-corrected chi connectivity index (χ1v) is 10.0. The van der Waals surface area contributed by atoms with Gasteiger partial charge in [-0.2, -0.15) is 8.78 Å². The van der Waals surface area contributed by atoms with Crippen LogP contribution in [0.25, 0.3) is 17.2 Å². The molecule has 0 amide bonds. The normalized spacial score (nSPS) is 20.7. The predicted octanol–water partition coefficient (Wildman–Crippen LogP) is 5.76. The lowest BCUT2D eigenvalue weighted by Crippen LogP contribution is -2.50. The maximum atomic E-state index is 13.5. The number of nitrogens with zero attached hydrogens (tertiary/aromatic N) is 3. The molecule has 0 saturated heterocycles. The van der Waals surface area contributed by atoms with Crippen LogP contribution in [0.4, 0.5) is 13.2 Å². The number of rotatable bonds is 5. The Balaban J connectivity index is 1.56. The van der Waals surface area contributed by atoms with Crippen molar-refractivity contribution < 1.29 is 22.3 Å². The van der Waals surface area contributed by atoms with Crippen molar-refractivity contribution in [1.29, 1.82) is 0 Å². The van der Waals surface area contributed by atoms with Gasteiger partial charge >= 0.3 is 6.43 Å². The van der Waals surface area contributed by atoms with Gasteiger partial charge in [-0.3, -0.25) is 0 Å². The highest BCUT2D eigenvalue weighted by molar-refractivity contribution is 5.74. The summed E-state index contributed by atoms with van der Waals surface area (Å²) in [6, 6.07) is 11.4. The van der Waals surface area contributed by atoms with E-state index in [9.17, 15) is 13.2 Å². The monoisotopic (exact) mass is 427 g/mol. The summed E-state index contributed by atoms with van der Waals surface area (Å²) in [6.45, 7) is 6.99. The van der Waals surface area contributed by atoms with Gasteiger partial charge in [0, 0.05) is 28.9 Å². The third-order valence-corrected chi connectivity index (χ3v) is 5.83. The molecule has 3 aromatic rings. The zero-order chi connectivity index (χ0) is 21.8. The first kappa shape index (κ1) is 19.7.